The van der Waals surface area contributed by atoms with Crippen LogP contribution in [-0.4, -0.2) is 11.2 Å². The molecule has 5 heteroatoms. The lowest BCUT2D eigenvalue weighted by molar-refractivity contribution is 0.482. The van der Waals surface area contributed by atoms with Gasteiger partial charge in [0.25, 0.3) is 0 Å². The number of nitrogens with one attached hydrogen (secondary N) is 1. The first-order valence-corrected chi connectivity index (χ1v) is 9.79. The summed E-state index contributed by atoms with van der Waals surface area (Å²) in [6, 6.07) is 25.8. The molecule has 0 aliphatic rings. The van der Waals surface area contributed by atoms with Crippen molar-refractivity contribution in [3.63, 3.8) is 0 Å². The smallest absolute Gasteiger partial charge is 0.203 e. The van der Waals surface area contributed by atoms with E-state index in [1.54, 1.807) is 6.21 Å². The molecule has 3 aromatic carbocycles. The normalized spacial score (nSPS) is 10.9. The molecule has 1 aromatic heterocycles. The van der Waals surface area contributed by atoms with Gasteiger partial charge in [-0.2, -0.15) is 5.10 Å². The second kappa shape index (κ2) is 8.50. The Morgan fingerprint density at radius 1 is 0.929 bits per heavy atom. The van der Waals surface area contributed by atoms with Crippen molar-refractivity contribution in [2.45, 2.75) is 6.92 Å². The van der Waals surface area contributed by atoms with E-state index in [1.165, 1.54) is 16.9 Å². The van der Waals surface area contributed by atoms with Crippen molar-refractivity contribution in [1.82, 2.24) is 4.98 Å². The maximum absolute atomic E-state index is 5.85. The van der Waals surface area contributed by atoms with Gasteiger partial charge in [0.2, 0.25) is 5.13 Å². The zero-order valence-electron chi connectivity index (χ0n) is 15.4. The van der Waals surface area contributed by atoms with Crippen molar-refractivity contribution < 1.29 is 4.74 Å². The van der Waals surface area contributed by atoms with E-state index >= 15 is 0 Å². The second-order valence-corrected chi connectivity index (χ2v) is 7.12. The molecule has 0 saturated carbocycles. The fourth-order valence-electron chi connectivity index (χ4n) is 2.63. The van der Waals surface area contributed by atoms with Crippen LogP contribution in [0.15, 0.2) is 89.3 Å². The number of anilines is 1. The van der Waals surface area contributed by atoms with Gasteiger partial charge >= 0.3 is 0 Å². The summed E-state index contributed by atoms with van der Waals surface area (Å²) in [6.45, 7) is 2.08. The summed E-state index contributed by atoms with van der Waals surface area (Å²) in [5.41, 5.74) is 7.22. The Bertz CT molecular complexity index is 1070. The number of hydrogen-bond acceptors (Lipinski definition) is 5. The SMILES string of the molecule is Cc1ccc(-c2csc(NN=Cc3cccc(Oc4ccccc4)c3)n2)cc1. The van der Waals surface area contributed by atoms with E-state index in [0.29, 0.717) is 0 Å². The Kier molecular flexibility index (Phi) is 5.45. The van der Waals surface area contributed by atoms with E-state index in [2.05, 4.69) is 46.7 Å². The summed E-state index contributed by atoms with van der Waals surface area (Å²) in [4.78, 5) is 4.58. The summed E-state index contributed by atoms with van der Waals surface area (Å²) >= 11 is 1.53. The number of para-hydroxylation sites is 1. The highest BCUT2D eigenvalue weighted by molar-refractivity contribution is 7.14. The van der Waals surface area contributed by atoms with Crippen molar-refractivity contribution in [3.05, 3.63) is 95.4 Å². The van der Waals surface area contributed by atoms with Crippen LogP contribution in [0.4, 0.5) is 5.13 Å². The predicted octanol–water partition coefficient (Wildman–Crippen LogP) is 6.36. The van der Waals surface area contributed by atoms with Crippen molar-refractivity contribution in [2.75, 3.05) is 5.43 Å². The molecule has 1 heterocycles. The highest BCUT2D eigenvalue weighted by atomic mass is 32.1. The summed E-state index contributed by atoms with van der Waals surface area (Å²) in [6.07, 6.45) is 1.75. The minimum atomic E-state index is 0.753. The third-order valence-corrected chi connectivity index (χ3v) is 4.81. The summed E-state index contributed by atoms with van der Waals surface area (Å²) < 4.78 is 5.85. The summed E-state index contributed by atoms with van der Waals surface area (Å²) in [5.74, 6) is 1.58. The summed E-state index contributed by atoms with van der Waals surface area (Å²) in [5, 5.41) is 7.08. The topological polar surface area (TPSA) is 46.5 Å². The average molecular weight is 385 g/mol. The molecule has 4 nitrogen and oxygen atoms in total. The number of ether oxygens (including phenoxy) is 1. The molecule has 28 heavy (non-hydrogen) atoms. The van der Waals surface area contributed by atoms with E-state index in [1.807, 2.05) is 60.0 Å². The van der Waals surface area contributed by atoms with E-state index in [-0.39, 0.29) is 0 Å². The van der Waals surface area contributed by atoms with Gasteiger partial charge in [0.05, 0.1) is 11.9 Å². The quantitative estimate of drug-likeness (QED) is 0.310. The molecule has 0 atom stereocenters. The van der Waals surface area contributed by atoms with Crippen LogP contribution in [0, 0.1) is 6.92 Å². The van der Waals surface area contributed by atoms with Crippen molar-refractivity contribution in [3.8, 4) is 22.8 Å². The van der Waals surface area contributed by atoms with Crippen LogP contribution >= 0.6 is 11.3 Å². The van der Waals surface area contributed by atoms with Crippen LogP contribution in [0.2, 0.25) is 0 Å². The number of nitrogens with zero attached hydrogens (tertiary/aromatic N) is 2. The average Bonchev–Trinajstić information content (AvgIpc) is 3.19. The number of thiazole rings is 1. The van der Waals surface area contributed by atoms with Crippen LogP contribution in [0.5, 0.6) is 11.5 Å². The van der Waals surface area contributed by atoms with Crippen LogP contribution in [0.3, 0.4) is 0 Å². The van der Waals surface area contributed by atoms with Crippen LogP contribution in [-0.2, 0) is 0 Å². The van der Waals surface area contributed by atoms with Crippen LogP contribution in [0.25, 0.3) is 11.3 Å². The Morgan fingerprint density at radius 2 is 1.71 bits per heavy atom. The molecule has 0 unspecified atom stereocenters. The van der Waals surface area contributed by atoms with E-state index in [0.717, 1.165) is 33.5 Å². The largest absolute Gasteiger partial charge is 0.457 e. The zero-order valence-corrected chi connectivity index (χ0v) is 16.2. The second-order valence-electron chi connectivity index (χ2n) is 6.26. The molecule has 0 aliphatic carbocycles. The molecule has 0 radical (unpaired) electrons. The molecule has 0 aliphatic heterocycles. The van der Waals surface area contributed by atoms with Crippen molar-refractivity contribution in [2.24, 2.45) is 5.10 Å². The number of benzene rings is 3. The Hall–Kier alpha value is -3.44. The van der Waals surface area contributed by atoms with E-state index in [4.69, 9.17) is 4.74 Å². The van der Waals surface area contributed by atoms with Crippen molar-refractivity contribution >= 4 is 22.7 Å². The van der Waals surface area contributed by atoms with Crippen LogP contribution in [0.1, 0.15) is 11.1 Å². The lowest BCUT2D eigenvalue weighted by atomic mass is 10.1. The van der Waals surface area contributed by atoms with Crippen LogP contribution < -0.4 is 10.2 Å². The molecule has 0 saturated heterocycles. The first kappa shape index (κ1) is 17.9. The fraction of sp³-hybridized carbons (Fsp3) is 0.0435. The van der Waals surface area contributed by atoms with Gasteiger partial charge in [-0.05, 0) is 36.8 Å². The minimum absolute atomic E-state index is 0.753. The number of aryl methyl sites for hydroxylation is 1. The van der Waals surface area contributed by atoms with Gasteiger partial charge in [-0.25, -0.2) is 4.98 Å². The molecule has 0 spiro atoms. The molecule has 4 aromatic rings. The maximum atomic E-state index is 5.85. The standard InChI is InChI=1S/C23H19N3OS/c1-17-10-12-19(13-11-17)22-16-28-23(25-22)26-24-15-18-6-5-9-21(14-18)27-20-7-3-2-4-8-20/h2-16H,1H3,(H,25,26). The molecular weight excluding hydrogens is 366 g/mol. The van der Waals surface area contributed by atoms with Gasteiger partial charge in [-0.15, -0.1) is 11.3 Å². The van der Waals surface area contributed by atoms with Gasteiger partial charge < -0.3 is 4.74 Å². The highest BCUT2D eigenvalue weighted by Gasteiger charge is 2.03. The minimum Gasteiger partial charge on any atom is -0.457 e. The number of rotatable bonds is 6. The predicted molar refractivity (Wildman–Crippen MR) is 116 cm³/mol. The van der Waals surface area contributed by atoms with Gasteiger partial charge in [0.1, 0.15) is 11.5 Å². The monoisotopic (exact) mass is 385 g/mol. The number of hydrazone groups is 1. The van der Waals surface area contributed by atoms with Gasteiger partial charge in [0.15, 0.2) is 0 Å². The van der Waals surface area contributed by atoms with Gasteiger partial charge in [-0.3, -0.25) is 5.43 Å². The lowest BCUT2D eigenvalue weighted by Crippen LogP contribution is -1.91. The maximum Gasteiger partial charge on any atom is 0.203 e. The Balaban J connectivity index is 1.40. The molecular formula is C23H19N3OS. The van der Waals surface area contributed by atoms with Crippen molar-refractivity contribution in [1.29, 1.82) is 0 Å². The number of aromatic nitrogens is 1. The molecule has 1 N–H and O–H groups in total. The Morgan fingerprint density at radius 3 is 2.54 bits per heavy atom. The molecule has 138 valence electrons. The third-order valence-electron chi connectivity index (χ3n) is 4.06. The molecule has 0 bridgehead atoms. The van der Waals surface area contributed by atoms with E-state index in [9.17, 15) is 0 Å². The first-order valence-electron chi connectivity index (χ1n) is 8.91. The molecule has 4 rings (SSSR count). The van der Waals surface area contributed by atoms with Gasteiger partial charge in [0, 0.05) is 10.9 Å². The fourth-order valence-corrected chi connectivity index (χ4v) is 3.30. The molecule has 0 amide bonds. The highest BCUT2D eigenvalue weighted by Crippen LogP contribution is 2.25. The molecule has 0 fully saturated rings. The summed E-state index contributed by atoms with van der Waals surface area (Å²) in [7, 11) is 0. The first-order chi connectivity index (χ1) is 13.8. The lowest BCUT2D eigenvalue weighted by Gasteiger charge is -2.05. The zero-order chi connectivity index (χ0) is 19.2. The van der Waals surface area contributed by atoms with Gasteiger partial charge in [-0.1, -0.05) is 60.2 Å². The third kappa shape index (κ3) is 4.64. The Labute approximate surface area is 168 Å². The van der Waals surface area contributed by atoms with E-state index < -0.39 is 0 Å². The number of hydrogen-bond donors (Lipinski definition) is 1.